The van der Waals surface area contributed by atoms with Crippen LogP contribution in [0.3, 0.4) is 0 Å². The van der Waals surface area contributed by atoms with Crippen molar-refractivity contribution < 1.29 is 14.6 Å². The van der Waals surface area contributed by atoms with Crippen molar-refractivity contribution in [3.63, 3.8) is 0 Å². The summed E-state index contributed by atoms with van der Waals surface area (Å²) in [7, 11) is 1.63. The molecule has 2 N–H and O–H groups in total. The number of aliphatic carboxylic acids is 1. The van der Waals surface area contributed by atoms with Gasteiger partial charge in [-0.15, -0.1) is 0 Å². The van der Waals surface area contributed by atoms with Crippen molar-refractivity contribution in [2.75, 3.05) is 13.7 Å². The zero-order valence-corrected chi connectivity index (χ0v) is 10.1. The van der Waals surface area contributed by atoms with Crippen LogP contribution in [0.25, 0.3) is 0 Å². The minimum Gasteiger partial charge on any atom is -0.496 e. The van der Waals surface area contributed by atoms with Gasteiger partial charge in [0.25, 0.3) is 0 Å². The summed E-state index contributed by atoms with van der Waals surface area (Å²) in [5, 5.41) is 11.8. The second-order valence-electron chi connectivity index (χ2n) is 3.64. The fourth-order valence-corrected chi connectivity index (χ4v) is 1.37. The fourth-order valence-electron chi connectivity index (χ4n) is 1.37. The van der Waals surface area contributed by atoms with Gasteiger partial charge in [-0.2, -0.15) is 0 Å². The number of rotatable bonds is 6. The number of methoxy groups -OCH3 is 1. The summed E-state index contributed by atoms with van der Waals surface area (Å²) >= 11 is 0. The van der Waals surface area contributed by atoms with E-state index in [1.54, 1.807) is 20.1 Å². The minimum absolute atomic E-state index is 0.345. The normalized spacial score (nSPS) is 11.3. The van der Waals surface area contributed by atoms with Crippen LogP contribution in [0.4, 0.5) is 0 Å². The van der Waals surface area contributed by atoms with E-state index in [9.17, 15) is 4.79 Å². The van der Waals surface area contributed by atoms with Gasteiger partial charge in [-0.25, -0.2) is 4.79 Å². The summed E-state index contributed by atoms with van der Waals surface area (Å²) in [4.78, 5) is 10.5. The van der Waals surface area contributed by atoms with Crippen molar-refractivity contribution in [1.82, 2.24) is 5.32 Å². The zero-order chi connectivity index (χ0) is 12.7. The van der Waals surface area contributed by atoms with Crippen LogP contribution in [0, 0.1) is 0 Å². The van der Waals surface area contributed by atoms with Crippen LogP contribution >= 0.6 is 0 Å². The molecule has 1 rings (SSSR count). The maximum absolute atomic E-state index is 10.5. The first-order valence-electron chi connectivity index (χ1n) is 5.38. The monoisotopic (exact) mass is 235 g/mol. The summed E-state index contributed by atoms with van der Waals surface area (Å²) in [5.41, 5.74) is 1.40. The molecule has 0 aliphatic heterocycles. The Labute approximate surface area is 101 Å². The average Bonchev–Trinajstić information content (AvgIpc) is 2.34. The number of carboxylic acids is 1. The van der Waals surface area contributed by atoms with Crippen LogP contribution in [0.5, 0.6) is 5.75 Å². The maximum atomic E-state index is 10.5. The molecule has 0 atom stereocenters. The largest absolute Gasteiger partial charge is 0.496 e. The number of para-hydroxylation sites is 1. The lowest BCUT2D eigenvalue weighted by molar-refractivity contribution is -0.132. The molecule has 0 bridgehead atoms. The number of nitrogens with one attached hydrogen (secondary N) is 1. The number of hydrogen-bond donors (Lipinski definition) is 2. The molecule has 0 spiro atoms. The lowest BCUT2D eigenvalue weighted by atomic mass is 10.2. The number of ether oxygens (including phenoxy) is 1. The van der Waals surface area contributed by atoms with Crippen molar-refractivity contribution in [1.29, 1.82) is 0 Å². The predicted octanol–water partition coefficient (Wildman–Crippen LogP) is 1.82. The molecule has 0 aliphatic rings. The molecule has 1 aromatic carbocycles. The number of hydrogen-bond acceptors (Lipinski definition) is 3. The van der Waals surface area contributed by atoms with E-state index in [2.05, 4.69) is 5.32 Å². The van der Waals surface area contributed by atoms with Gasteiger partial charge in [-0.3, -0.25) is 0 Å². The highest BCUT2D eigenvalue weighted by atomic mass is 16.5. The van der Waals surface area contributed by atoms with Gasteiger partial charge in [0.15, 0.2) is 0 Å². The Hall–Kier alpha value is -1.81. The Kier molecular flexibility index (Phi) is 5.23. The zero-order valence-electron chi connectivity index (χ0n) is 10.1. The van der Waals surface area contributed by atoms with E-state index in [0.29, 0.717) is 18.7 Å². The molecular weight excluding hydrogens is 218 g/mol. The summed E-state index contributed by atoms with van der Waals surface area (Å²) < 4.78 is 5.21. The summed E-state index contributed by atoms with van der Waals surface area (Å²) in [5.74, 6) is -0.0528. The van der Waals surface area contributed by atoms with Gasteiger partial charge in [0.2, 0.25) is 0 Å². The molecule has 0 aliphatic carbocycles. The molecule has 0 heterocycles. The van der Waals surface area contributed by atoms with Crippen molar-refractivity contribution in [3.8, 4) is 5.75 Å². The SMILES string of the molecule is COc1ccccc1CNC/C=C(/C)C(=O)O. The van der Waals surface area contributed by atoms with E-state index in [1.807, 2.05) is 24.3 Å². The Balaban J connectivity index is 2.46. The summed E-state index contributed by atoms with van der Waals surface area (Å²) in [6.45, 7) is 2.75. The first-order valence-corrected chi connectivity index (χ1v) is 5.38. The molecule has 0 radical (unpaired) electrons. The molecule has 4 nitrogen and oxygen atoms in total. The van der Waals surface area contributed by atoms with Crippen LogP contribution in [-0.4, -0.2) is 24.7 Å². The molecular formula is C13H17NO3. The number of carboxylic acid groups (broad SMARTS) is 1. The van der Waals surface area contributed by atoms with Crippen LogP contribution in [-0.2, 0) is 11.3 Å². The molecule has 0 aromatic heterocycles. The van der Waals surface area contributed by atoms with E-state index < -0.39 is 5.97 Å². The predicted molar refractivity (Wildman–Crippen MR) is 66.1 cm³/mol. The van der Waals surface area contributed by atoms with Gasteiger partial charge >= 0.3 is 5.97 Å². The average molecular weight is 235 g/mol. The highest BCUT2D eigenvalue weighted by Crippen LogP contribution is 2.16. The quantitative estimate of drug-likeness (QED) is 0.583. The van der Waals surface area contributed by atoms with Crippen molar-refractivity contribution in [2.24, 2.45) is 0 Å². The van der Waals surface area contributed by atoms with Gasteiger partial charge < -0.3 is 15.2 Å². The van der Waals surface area contributed by atoms with E-state index in [4.69, 9.17) is 9.84 Å². The Bertz CT molecular complexity index is 413. The standard InChI is InChI=1S/C13H17NO3/c1-10(13(15)16)7-8-14-9-11-5-3-4-6-12(11)17-2/h3-7,14H,8-9H2,1-2H3,(H,15,16)/b10-7-. The third kappa shape index (κ3) is 4.28. The second-order valence-corrected chi connectivity index (χ2v) is 3.64. The van der Waals surface area contributed by atoms with E-state index in [-0.39, 0.29) is 0 Å². The topological polar surface area (TPSA) is 58.6 Å². The summed E-state index contributed by atoms with van der Waals surface area (Å²) in [6, 6.07) is 7.73. The molecule has 0 amide bonds. The van der Waals surface area contributed by atoms with Crippen LogP contribution in [0.15, 0.2) is 35.9 Å². The van der Waals surface area contributed by atoms with Crippen LogP contribution in [0.1, 0.15) is 12.5 Å². The third-order valence-corrected chi connectivity index (χ3v) is 2.40. The van der Waals surface area contributed by atoms with Crippen molar-refractivity contribution in [3.05, 3.63) is 41.5 Å². The molecule has 0 unspecified atom stereocenters. The highest BCUT2D eigenvalue weighted by molar-refractivity contribution is 5.85. The Morgan fingerprint density at radius 1 is 1.47 bits per heavy atom. The van der Waals surface area contributed by atoms with E-state index >= 15 is 0 Å². The maximum Gasteiger partial charge on any atom is 0.330 e. The molecule has 0 saturated heterocycles. The molecule has 4 heteroatoms. The lowest BCUT2D eigenvalue weighted by Crippen LogP contribution is -2.14. The Morgan fingerprint density at radius 2 is 2.18 bits per heavy atom. The molecule has 1 aromatic rings. The van der Waals surface area contributed by atoms with Gasteiger partial charge in [0, 0.05) is 24.2 Å². The molecule has 0 saturated carbocycles. The lowest BCUT2D eigenvalue weighted by Gasteiger charge is -2.08. The second kappa shape index (κ2) is 6.70. The smallest absolute Gasteiger partial charge is 0.330 e. The Morgan fingerprint density at radius 3 is 2.82 bits per heavy atom. The highest BCUT2D eigenvalue weighted by Gasteiger charge is 2.01. The first kappa shape index (κ1) is 13.3. The van der Waals surface area contributed by atoms with Gasteiger partial charge in [0.1, 0.15) is 5.75 Å². The van der Waals surface area contributed by atoms with Crippen molar-refractivity contribution >= 4 is 5.97 Å². The van der Waals surface area contributed by atoms with E-state index in [0.717, 1.165) is 11.3 Å². The minimum atomic E-state index is -0.885. The first-order chi connectivity index (χ1) is 8.15. The van der Waals surface area contributed by atoms with Crippen LogP contribution in [0.2, 0.25) is 0 Å². The summed E-state index contributed by atoms with van der Waals surface area (Å²) in [6.07, 6.45) is 1.65. The van der Waals surface area contributed by atoms with Gasteiger partial charge in [-0.05, 0) is 13.0 Å². The van der Waals surface area contributed by atoms with Crippen molar-refractivity contribution in [2.45, 2.75) is 13.5 Å². The van der Waals surface area contributed by atoms with Gasteiger partial charge in [0.05, 0.1) is 7.11 Å². The van der Waals surface area contributed by atoms with Crippen LogP contribution < -0.4 is 10.1 Å². The fraction of sp³-hybridized carbons (Fsp3) is 0.308. The molecule has 0 fully saturated rings. The van der Waals surface area contributed by atoms with E-state index in [1.165, 1.54) is 0 Å². The molecule has 17 heavy (non-hydrogen) atoms. The third-order valence-electron chi connectivity index (χ3n) is 2.40. The van der Waals surface area contributed by atoms with Gasteiger partial charge in [-0.1, -0.05) is 24.3 Å². The number of benzene rings is 1. The molecule has 92 valence electrons. The number of carbonyl (C=O) groups is 1.